The standard InChI is InChI=1S/C18H19FO2/c1-2-18(20)21-17(12-14-7-4-3-5-8-14)13-15-9-6-10-16(19)11-15/h3-11,17H,2,12-13H2,1H3. The maximum Gasteiger partial charge on any atom is 0.305 e. The molecule has 0 aromatic heterocycles. The van der Waals surface area contributed by atoms with Crippen LogP contribution in [0.1, 0.15) is 24.5 Å². The van der Waals surface area contributed by atoms with Crippen molar-refractivity contribution in [1.82, 2.24) is 0 Å². The van der Waals surface area contributed by atoms with Crippen LogP contribution in [0, 0.1) is 5.82 Å². The molecule has 0 amide bonds. The first kappa shape index (κ1) is 15.2. The fourth-order valence-electron chi connectivity index (χ4n) is 2.23. The van der Waals surface area contributed by atoms with Gasteiger partial charge in [0.05, 0.1) is 0 Å². The highest BCUT2D eigenvalue weighted by molar-refractivity contribution is 5.69. The monoisotopic (exact) mass is 286 g/mol. The summed E-state index contributed by atoms with van der Waals surface area (Å²) in [5.41, 5.74) is 1.93. The van der Waals surface area contributed by atoms with E-state index in [0.29, 0.717) is 19.3 Å². The Kier molecular flexibility index (Phi) is 5.50. The predicted octanol–water partition coefficient (Wildman–Crippen LogP) is 3.93. The molecular formula is C18H19FO2. The number of hydrogen-bond acceptors (Lipinski definition) is 2. The first-order valence-electron chi connectivity index (χ1n) is 7.15. The van der Waals surface area contributed by atoms with Crippen molar-refractivity contribution < 1.29 is 13.9 Å². The van der Waals surface area contributed by atoms with E-state index in [1.807, 2.05) is 36.4 Å². The van der Waals surface area contributed by atoms with Crippen LogP contribution >= 0.6 is 0 Å². The van der Waals surface area contributed by atoms with Gasteiger partial charge in [-0.15, -0.1) is 0 Å². The van der Waals surface area contributed by atoms with Gasteiger partial charge >= 0.3 is 5.97 Å². The van der Waals surface area contributed by atoms with Gasteiger partial charge in [-0.1, -0.05) is 49.4 Å². The molecule has 3 heteroatoms. The molecule has 1 unspecified atom stereocenters. The van der Waals surface area contributed by atoms with Crippen molar-refractivity contribution in [3.05, 3.63) is 71.5 Å². The fourth-order valence-corrected chi connectivity index (χ4v) is 2.23. The Morgan fingerprint density at radius 3 is 2.38 bits per heavy atom. The van der Waals surface area contributed by atoms with Crippen LogP contribution in [0.4, 0.5) is 4.39 Å². The number of esters is 1. The van der Waals surface area contributed by atoms with Gasteiger partial charge < -0.3 is 4.74 Å². The second kappa shape index (κ2) is 7.58. The molecule has 21 heavy (non-hydrogen) atoms. The van der Waals surface area contributed by atoms with E-state index in [1.54, 1.807) is 13.0 Å². The Morgan fingerprint density at radius 1 is 1.05 bits per heavy atom. The van der Waals surface area contributed by atoms with Crippen LogP contribution in [0.15, 0.2) is 54.6 Å². The molecule has 0 aliphatic heterocycles. The van der Waals surface area contributed by atoms with Crippen molar-refractivity contribution in [1.29, 1.82) is 0 Å². The van der Waals surface area contributed by atoms with Crippen molar-refractivity contribution in [3.8, 4) is 0 Å². The minimum absolute atomic E-state index is 0.229. The van der Waals surface area contributed by atoms with Crippen LogP contribution in [0.2, 0.25) is 0 Å². The molecule has 0 saturated carbocycles. The highest BCUT2D eigenvalue weighted by Gasteiger charge is 2.15. The number of halogens is 1. The number of carbonyl (C=O) groups is 1. The normalized spacial score (nSPS) is 11.9. The summed E-state index contributed by atoms with van der Waals surface area (Å²) in [5.74, 6) is -0.500. The number of rotatable bonds is 6. The highest BCUT2D eigenvalue weighted by atomic mass is 19.1. The van der Waals surface area contributed by atoms with Gasteiger partial charge in [-0.2, -0.15) is 0 Å². The molecule has 1 atom stereocenters. The molecule has 0 aliphatic carbocycles. The maximum atomic E-state index is 13.3. The lowest BCUT2D eigenvalue weighted by molar-refractivity contribution is -0.148. The minimum Gasteiger partial charge on any atom is -0.462 e. The van der Waals surface area contributed by atoms with Crippen molar-refractivity contribution in [2.45, 2.75) is 32.3 Å². The van der Waals surface area contributed by atoms with Crippen molar-refractivity contribution >= 4 is 5.97 Å². The summed E-state index contributed by atoms with van der Waals surface area (Å²) in [6.45, 7) is 1.77. The second-order valence-electron chi connectivity index (χ2n) is 4.99. The molecule has 0 radical (unpaired) electrons. The van der Waals surface area contributed by atoms with E-state index in [9.17, 15) is 9.18 Å². The van der Waals surface area contributed by atoms with Gasteiger partial charge in [0.1, 0.15) is 11.9 Å². The van der Waals surface area contributed by atoms with Crippen LogP contribution < -0.4 is 0 Å². The summed E-state index contributed by atoms with van der Waals surface area (Å²) in [6, 6.07) is 16.3. The van der Waals surface area contributed by atoms with Crippen LogP contribution in [-0.4, -0.2) is 12.1 Å². The van der Waals surface area contributed by atoms with E-state index in [2.05, 4.69) is 0 Å². The van der Waals surface area contributed by atoms with E-state index >= 15 is 0 Å². The Hall–Kier alpha value is -2.16. The molecule has 0 fully saturated rings. The zero-order chi connectivity index (χ0) is 15.1. The molecule has 0 N–H and O–H groups in total. The molecule has 0 heterocycles. The first-order valence-corrected chi connectivity index (χ1v) is 7.15. The molecule has 110 valence electrons. The van der Waals surface area contributed by atoms with Gasteiger partial charge in [-0.3, -0.25) is 4.79 Å². The molecule has 2 rings (SSSR count). The van der Waals surface area contributed by atoms with E-state index < -0.39 is 0 Å². The Labute approximate surface area is 124 Å². The topological polar surface area (TPSA) is 26.3 Å². The Bertz CT molecular complexity index is 581. The maximum absolute atomic E-state index is 13.3. The number of benzene rings is 2. The zero-order valence-corrected chi connectivity index (χ0v) is 12.1. The van der Waals surface area contributed by atoms with Gasteiger partial charge in [0.25, 0.3) is 0 Å². The van der Waals surface area contributed by atoms with Gasteiger partial charge in [0, 0.05) is 19.3 Å². The van der Waals surface area contributed by atoms with Gasteiger partial charge in [-0.25, -0.2) is 4.39 Å². The summed E-state index contributed by atoms with van der Waals surface area (Å²) in [7, 11) is 0. The summed E-state index contributed by atoms with van der Waals surface area (Å²) >= 11 is 0. The van der Waals surface area contributed by atoms with Gasteiger partial charge in [0.2, 0.25) is 0 Å². The molecule has 0 spiro atoms. The largest absolute Gasteiger partial charge is 0.462 e. The van der Waals surface area contributed by atoms with Crippen LogP contribution in [0.25, 0.3) is 0 Å². The van der Waals surface area contributed by atoms with Crippen LogP contribution in [0.3, 0.4) is 0 Å². The molecular weight excluding hydrogens is 267 g/mol. The average Bonchev–Trinajstić information content (AvgIpc) is 2.48. The third-order valence-electron chi connectivity index (χ3n) is 3.25. The third kappa shape index (κ3) is 5.03. The van der Waals surface area contributed by atoms with E-state index in [1.165, 1.54) is 12.1 Å². The van der Waals surface area contributed by atoms with Crippen LogP contribution in [-0.2, 0) is 22.4 Å². The lowest BCUT2D eigenvalue weighted by Crippen LogP contribution is -2.23. The Morgan fingerprint density at radius 2 is 1.71 bits per heavy atom. The minimum atomic E-state index is -0.276. The van der Waals surface area contributed by atoms with Crippen LogP contribution in [0.5, 0.6) is 0 Å². The lowest BCUT2D eigenvalue weighted by Gasteiger charge is -2.18. The zero-order valence-electron chi connectivity index (χ0n) is 12.1. The van der Waals surface area contributed by atoms with Gasteiger partial charge in [-0.05, 0) is 23.3 Å². The summed E-state index contributed by atoms with van der Waals surface area (Å²) < 4.78 is 18.8. The molecule has 2 aromatic rings. The molecule has 0 saturated heterocycles. The van der Waals surface area contributed by atoms with Gasteiger partial charge in [0.15, 0.2) is 0 Å². The van der Waals surface area contributed by atoms with E-state index in [-0.39, 0.29) is 17.9 Å². The third-order valence-corrected chi connectivity index (χ3v) is 3.25. The van der Waals surface area contributed by atoms with Crippen molar-refractivity contribution in [3.63, 3.8) is 0 Å². The average molecular weight is 286 g/mol. The first-order chi connectivity index (χ1) is 10.2. The number of hydrogen-bond donors (Lipinski definition) is 0. The SMILES string of the molecule is CCC(=O)OC(Cc1ccccc1)Cc1cccc(F)c1. The summed E-state index contributed by atoms with van der Waals surface area (Å²) in [5, 5.41) is 0. The fraction of sp³-hybridized carbons (Fsp3) is 0.278. The molecule has 0 bridgehead atoms. The number of ether oxygens (including phenoxy) is 1. The van der Waals surface area contributed by atoms with E-state index in [0.717, 1.165) is 11.1 Å². The quantitative estimate of drug-likeness (QED) is 0.752. The van der Waals surface area contributed by atoms with E-state index in [4.69, 9.17) is 4.74 Å². The second-order valence-corrected chi connectivity index (χ2v) is 4.99. The smallest absolute Gasteiger partial charge is 0.305 e. The molecule has 0 aliphatic rings. The number of carbonyl (C=O) groups excluding carboxylic acids is 1. The lowest BCUT2D eigenvalue weighted by atomic mass is 10.0. The molecule has 2 aromatic carbocycles. The van der Waals surface area contributed by atoms with Crippen molar-refractivity contribution in [2.75, 3.05) is 0 Å². The predicted molar refractivity (Wildman–Crippen MR) is 80.4 cm³/mol. The summed E-state index contributed by atoms with van der Waals surface area (Å²) in [4.78, 5) is 11.6. The Balaban J connectivity index is 2.10. The molecule has 2 nitrogen and oxygen atoms in total. The highest BCUT2D eigenvalue weighted by Crippen LogP contribution is 2.14. The van der Waals surface area contributed by atoms with Crippen molar-refractivity contribution in [2.24, 2.45) is 0 Å². The summed E-state index contributed by atoms with van der Waals surface area (Å²) in [6.07, 6.45) is 1.21.